The van der Waals surface area contributed by atoms with E-state index in [1.807, 2.05) is 53.6 Å². The van der Waals surface area contributed by atoms with Gasteiger partial charge < -0.3 is 10.2 Å². The van der Waals surface area contributed by atoms with Gasteiger partial charge in [0.1, 0.15) is 0 Å². The Kier molecular flexibility index (Phi) is 4.76. The lowest BCUT2D eigenvalue weighted by molar-refractivity contribution is -0.121. The first-order chi connectivity index (χ1) is 11.1. The van der Waals surface area contributed by atoms with Crippen molar-refractivity contribution in [3.05, 3.63) is 52.2 Å². The lowest BCUT2D eigenvalue weighted by Gasteiger charge is -2.31. The number of para-hydroxylation sites is 1. The van der Waals surface area contributed by atoms with Gasteiger partial charge in [0.2, 0.25) is 5.91 Å². The van der Waals surface area contributed by atoms with Crippen LogP contribution < -0.4 is 5.32 Å². The van der Waals surface area contributed by atoms with E-state index in [9.17, 15) is 9.59 Å². The molecular weight excluding hydrogens is 308 g/mol. The monoisotopic (exact) mass is 328 g/mol. The van der Waals surface area contributed by atoms with E-state index in [4.69, 9.17) is 0 Å². The molecular formula is C18H20N2O2S. The molecule has 5 heteroatoms. The molecule has 0 saturated carbocycles. The number of nitrogens with one attached hydrogen (secondary N) is 1. The van der Waals surface area contributed by atoms with Gasteiger partial charge in [-0.3, -0.25) is 9.59 Å². The second-order valence-electron chi connectivity index (χ2n) is 5.85. The fourth-order valence-electron chi connectivity index (χ4n) is 2.85. The van der Waals surface area contributed by atoms with Crippen LogP contribution in [0.4, 0.5) is 5.69 Å². The number of hydrogen-bond acceptors (Lipinski definition) is 3. The van der Waals surface area contributed by atoms with E-state index in [0.29, 0.717) is 13.1 Å². The zero-order chi connectivity index (χ0) is 16.2. The predicted molar refractivity (Wildman–Crippen MR) is 92.8 cm³/mol. The molecule has 0 radical (unpaired) electrons. The van der Waals surface area contributed by atoms with Crippen LogP contribution in [-0.2, 0) is 4.79 Å². The van der Waals surface area contributed by atoms with Crippen molar-refractivity contribution in [3.63, 3.8) is 0 Å². The van der Waals surface area contributed by atoms with E-state index in [1.165, 1.54) is 11.3 Å². The van der Waals surface area contributed by atoms with Crippen molar-refractivity contribution in [1.82, 2.24) is 4.90 Å². The third-order valence-corrected chi connectivity index (χ3v) is 5.15. The van der Waals surface area contributed by atoms with Gasteiger partial charge in [0.25, 0.3) is 5.91 Å². The number of carbonyl (C=O) groups excluding carboxylic acids is 2. The standard InChI is InChI=1S/C18H20N2O2S/c1-13-5-2-3-6-15(13)19-17(21)14-8-10-20(11-9-14)18(22)16-7-4-12-23-16/h2-7,12,14H,8-11H2,1H3,(H,19,21). The molecule has 2 heterocycles. The van der Waals surface area contributed by atoms with E-state index in [2.05, 4.69) is 5.32 Å². The average molecular weight is 328 g/mol. The van der Waals surface area contributed by atoms with Crippen LogP contribution in [0.2, 0.25) is 0 Å². The van der Waals surface area contributed by atoms with Crippen molar-refractivity contribution in [2.24, 2.45) is 5.92 Å². The topological polar surface area (TPSA) is 49.4 Å². The molecule has 4 nitrogen and oxygen atoms in total. The third-order valence-electron chi connectivity index (χ3n) is 4.29. The number of amides is 2. The van der Waals surface area contributed by atoms with Crippen LogP contribution in [0.5, 0.6) is 0 Å². The first-order valence-electron chi connectivity index (χ1n) is 7.84. The molecule has 1 fully saturated rings. The number of anilines is 1. The molecule has 0 bridgehead atoms. The Morgan fingerprint density at radius 2 is 1.87 bits per heavy atom. The van der Waals surface area contributed by atoms with Gasteiger partial charge in [0.05, 0.1) is 4.88 Å². The molecule has 0 spiro atoms. The summed E-state index contributed by atoms with van der Waals surface area (Å²) in [5.74, 6) is 0.113. The number of thiophene rings is 1. The highest BCUT2D eigenvalue weighted by atomic mass is 32.1. The lowest BCUT2D eigenvalue weighted by atomic mass is 9.95. The number of aryl methyl sites for hydroxylation is 1. The summed E-state index contributed by atoms with van der Waals surface area (Å²) in [7, 11) is 0. The van der Waals surface area contributed by atoms with E-state index in [1.54, 1.807) is 0 Å². The minimum absolute atomic E-state index is 0.0259. The number of likely N-dealkylation sites (tertiary alicyclic amines) is 1. The van der Waals surface area contributed by atoms with Crippen molar-refractivity contribution >= 4 is 28.8 Å². The Labute approximate surface area is 140 Å². The van der Waals surface area contributed by atoms with Crippen LogP contribution in [0, 0.1) is 12.8 Å². The zero-order valence-corrected chi connectivity index (χ0v) is 13.9. The highest BCUT2D eigenvalue weighted by molar-refractivity contribution is 7.12. The molecule has 1 saturated heterocycles. The Morgan fingerprint density at radius 3 is 2.52 bits per heavy atom. The van der Waals surface area contributed by atoms with E-state index in [-0.39, 0.29) is 17.7 Å². The summed E-state index contributed by atoms with van der Waals surface area (Å²) < 4.78 is 0. The summed E-state index contributed by atoms with van der Waals surface area (Å²) in [6.07, 6.45) is 1.43. The lowest BCUT2D eigenvalue weighted by Crippen LogP contribution is -2.41. The third kappa shape index (κ3) is 3.62. The fourth-order valence-corrected chi connectivity index (χ4v) is 3.54. The molecule has 3 rings (SSSR count). The molecule has 1 aromatic heterocycles. The van der Waals surface area contributed by atoms with Gasteiger partial charge in [-0.1, -0.05) is 24.3 Å². The Bertz CT molecular complexity index is 689. The maximum atomic E-state index is 12.4. The van der Waals surface area contributed by atoms with Crippen LogP contribution >= 0.6 is 11.3 Å². The number of piperidine rings is 1. The maximum absolute atomic E-state index is 12.4. The first kappa shape index (κ1) is 15.7. The molecule has 0 unspecified atom stereocenters. The van der Waals surface area contributed by atoms with Crippen LogP contribution in [0.3, 0.4) is 0 Å². The Balaban J connectivity index is 1.55. The molecule has 2 aromatic rings. The largest absolute Gasteiger partial charge is 0.338 e. The number of benzene rings is 1. The van der Waals surface area contributed by atoms with E-state index < -0.39 is 0 Å². The minimum atomic E-state index is -0.0259. The minimum Gasteiger partial charge on any atom is -0.338 e. The van der Waals surface area contributed by atoms with Gasteiger partial charge in [-0.2, -0.15) is 0 Å². The maximum Gasteiger partial charge on any atom is 0.263 e. The zero-order valence-electron chi connectivity index (χ0n) is 13.1. The second-order valence-corrected chi connectivity index (χ2v) is 6.80. The summed E-state index contributed by atoms with van der Waals surface area (Å²) in [6, 6.07) is 11.5. The molecule has 2 amide bonds. The van der Waals surface area contributed by atoms with E-state index >= 15 is 0 Å². The van der Waals surface area contributed by atoms with Gasteiger partial charge in [-0.25, -0.2) is 0 Å². The van der Waals surface area contributed by atoms with Crippen molar-refractivity contribution in [2.45, 2.75) is 19.8 Å². The molecule has 0 atom stereocenters. The summed E-state index contributed by atoms with van der Waals surface area (Å²) in [6.45, 7) is 3.27. The first-order valence-corrected chi connectivity index (χ1v) is 8.72. The van der Waals surface area contributed by atoms with Crippen LogP contribution in [-0.4, -0.2) is 29.8 Å². The van der Waals surface area contributed by atoms with Gasteiger partial charge in [-0.05, 0) is 42.8 Å². The fraction of sp³-hybridized carbons (Fsp3) is 0.333. The SMILES string of the molecule is Cc1ccccc1NC(=O)C1CCN(C(=O)c2cccs2)CC1. The van der Waals surface area contributed by atoms with Gasteiger partial charge in [-0.15, -0.1) is 11.3 Å². The number of carbonyl (C=O) groups is 2. The smallest absolute Gasteiger partial charge is 0.263 e. The molecule has 1 aromatic carbocycles. The van der Waals surface area contributed by atoms with Crippen molar-refractivity contribution in [3.8, 4) is 0 Å². The predicted octanol–water partition coefficient (Wildman–Crippen LogP) is 3.55. The molecule has 1 aliphatic heterocycles. The van der Waals surface area contributed by atoms with Crippen LogP contribution in [0.1, 0.15) is 28.1 Å². The van der Waals surface area contributed by atoms with E-state index in [0.717, 1.165) is 29.0 Å². The molecule has 1 aliphatic rings. The van der Waals surface area contributed by atoms with Crippen molar-refractivity contribution in [1.29, 1.82) is 0 Å². The highest BCUT2D eigenvalue weighted by Crippen LogP contribution is 2.23. The number of rotatable bonds is 3. The summed E-state index contributed by atoms with van der Waals surface area (Å²) >= 11 is 1.46. The van der Waals surface area contributed by atoms with Gasteiger partial charge in [0, 0.05) is 24.7 Å². The summed E-state index contributed by atoms with van der Waals surface area (Å²) in [5.41, 5.74) is 1.93. The summed E-state index contributed by atoms with van der Waals surface area (Å²) in [4.78, 5) is 27.3. The number of nitrogens with zero attached hydrogens (tertiary/aromatic N) is 1. The second kappa shape index (κ2) is 6.96. The Hall–Kier alpha value is -2.14. The number of hydrogen-bond donors (Lipinski definition) is 1. The average Bonchev–Trinajstić information content (AvgIpc) is 3.11. The highest BCUT2D eigenvalue weighted by Gasteiger charge is 2.28. The Morgan fingerprint density at radius 1 is 1.13 bits per heavy atom. The quantitative estimate of drug-likeness (QED) is 0.937. The van der Waals surface area contributed by atoms with Crippen molar-refractivity contribution < 1.29 is 9.59 Å². The molecule has 0 aliphatic carbocycles. The van der Waals surface area contributed by atoms with Gasteiger partial charge >= 0.3 is 0 Å². The molecule has 23 heavy (non-hydrogen) atoms. The van der Waals surface area contributed by atoms with Crippen LogP contribution in [0.25, 0.3) is 0 Å². The molecule has 1 N–H and O–H groups in total. The summed E-state index contributed by atoms with van der Waals surface area (Å²) in [5, 5.41) is 4.92. The molecule has 120 valence electrons. The van der Waals surface area contributed by atoms with Crippen molar-refractivity contribution in [2.75, 3.05) is 18.4 Å². The normalized spacial score (nSPS) is 15.4. The van der Waals surface area contributed by atoms with Gasteiger partial charge in [0.15, 0.2) is 0 Å². The van der Waals surface area contributed by atoms with Crippen LogP contribution in [0.15, 0.2) is 41.8 Å².